The third-order valence-corrected chi connectivity index (χ3v) is 1.43. The van der Waals surface area contributed by atoms with Crippen molar-refractivity contribution in [2.24, 2.45) is 4.99 Å². The predicted molar refractivity (Wildman–Crippen MR) is 50.9 cm³/mol. The molecule has 0 aliphatic rings. The van der Waals surface area contributed by atoms with Gasteiger partial charge in [0.2, 0.25) is 0 Å². The molecule has 0 fully saturated rings. The predicted octanol–water partition coefficient (Wildman–Crippen LogP) is 1.89. The van der Waals surface area contributed by atoms with Crippen LogP contribution >= 0.6 is 0 Å². The topological polar surface area (TPSA) is 38.7 Å². The fraction of sp³-hybridized carbons (Fsp3) is 0.200. The van der Waals surface area contributed by atoms with Crippen LogP contribution < -0.4 is 0 Å². The molecule has 0 saturated heterocycles. The number of hydrogen-bond acceptors (Lipinski definition) is 2. The van der Waals surface area contributed by atoms with Crippen LogP contribution in [0, 0.1) is 0 Å². The average Bonchev–Trinajstić information content (AvgIpc) is 2.19. The van der Waals surface area contributed by atoms with Gasteiger partial charge in [0.05, 0.1) is 6.61 Å². The number of amides is 1. The van der Waals surface area contributed by atoms with E-state index in [9.17, 15) is 4.79 Å². The van der Waals surface area contributed by atoms with Crippen molar-refractivity contribution in [1.29, 1.82) is 0 Å². The van der Waals surface area contributed by atoms with Crippen molar-refractivity contribution in [2.45, 2.75) is 6.92 Å². The Morgan fingerprint density at radius 3 is 2.77 bits per heavy atom. The second-order valence-electron chi connectivity index (χ2n) is 2.36. The maximum atomic E-state index is 11.2. The number of carbonyl (C=O) groups is 1. The third-order valence-electron chi connectivity index (χ3n) is 1.43. The Hall–Kier alpha value is -1.64. The van der Waals surface area contributed by atoms with Crippen LogP contribution in [0.3, 0.4) is 0 Å². The van der Waals surface area contributed by atoms with Gasteiger partial charge in [0.15, 0.2) is 6.40 Å². The van der Waals surface area contributed by atoms with E-state index < -0.39 is 0 Å². The summed E-state index contributed by atoms with van der Waals surface area (Å²) >= 11 is 0. The molecular formula is C10H11NO2. The Morgan fingerprint density at radius 1 is 1.46 bits per heavy atom. The fourth-order valence-electron chi connectivity index (χ4n) is 0.815. The normalized spacial score (nSPS) is 10.2. The highest BCUT2D eigenvalue weighted by atomic mass is 16.5. The zero-order valence-electron chi connectivity index (χ0n) is 7.43. The highest BCUT2D eigenvalue weighted by Gasteiger charge is 1.99. The number of carbonyl (C=O) groups excluding carboxylic acids is 1. The van der Waals surface area contributed by atoms with Crippen molar-refractivity contribution in [2.75, 3.05) is 6.61 Å². The van der Waals surface area contributed by atoms with Gasteiger partial charge in [-0.1, -0.05) is 18.2 Å². The number of benzene rings is 1. The van der Waals surface area contributed by atoms with Crippen LogP contribution in [0.1, 0.15) is 17.3 Å². The van der Waals surface area contributed by atoms with Gasteiger partial charge in [0, 0.05) is 5.56 Å². The van der Waals surface area contributed by atoms with E-state index in [0.717, 1.165) is 0 Å². The molecule has 0 spiro atoms. The molecule has 1 amide bonds. The molecule has 0 radical (unpaired) electrons. The minimum Gasteiger partial charge on any atom is -0.483 e. The fourth-order valence-corrected chi connectivity index (χ4v) is 0.815. The first-order chi connectivity index (χ1) is 6.34. The Balaban J connectivity index is 2.59. The maximum Gasteiger partial charge on any atom is 0.279 e. The molecule has 1 aromatic rings. The van der Waals surface area contributed by atoms with E-state index in [4.69, 9.17) is 4.74 Å². The third kappa shape index (κ3) is 3.07. The smallest absolute Gasteiger partial charge is 0.279 e. The van der Waals surface area contributed by atoms with Crippen molar-refractivity contribution in [1.82, 2.24) is 0 Å². The van der Waals surface area contributed by atoms with Crippen LogP contribution in [0.2, 0.25) is 0 Å². The summed E-state index contributed by atoms with van der Waals surface area (Å²) in [6, 6.07) is 8.87. The van der Waals surface area contributed by atoms with Gasteiger partial charge >= 0.3 is 0 Å². The molecule has 1 aromatic carbocycles. The molecule has 0 saturated carbocycles. The lowest BCUT2D eigenvalue weighted by atomic mass is 10.2. The molecule has 0 unspecified atom stereocenters. The Morgan fingerprint density at radius 2 is 2.15 bits per heavy atom. The molecule has 0 heterocycles. The highest BCUT2D eigenvalue weighted by molar-refractivity contribution is 5.98. The van der Waals surface area contributed by atoms with Crippen molar-refractivity contribution in [3.63, 3.8) is 0 Å². The molecule has 1 rings (SSSR count). The number of aliphatic imine (C=N–C) groups is 1. The minimum absolute atomic E-state index is 0.283. The van der Waals surface area contributed by atoms with E-state index in [1.54, 1.807) is 24.3 Å². The van der Waals surface area contributed by atoms with E-state index >= 15 is 0 Å². The summed E-state index contributed by atoms with van der Waals surface area (Å²) in [5.41, 5.74) is 0.568. The lowest BCUT2D eigenvalue weighted by Crippen LogP contribution is -1.96. The van der Waals surface area contributed by atoms with Crippen molar-refractivity contribution in [3.8, 4) is 0 Å². The van der Waals surface area contributed by atoms with Gasteiger partial charge in [0.1, 0.15) is 0 Å². The molecule has 13 heavy (non-hydrogen) atoms. The van der Waals surface area contributed by atoms with E-state index in [0.29, 0.717) is 12.2 Å². The van der Waals surface area contributed by atoms with Gasteiger partial charge in [-0.3, -0.25) is 4.79 Å². The number of hydrogen-bond donors (Lipinski definition) is 0. The Kier molecular flexibility index (Phi) is 3.70. The van der Waals surface area contributed by atoms with Crippen LogP contribution in [0.25, 0.3) is 0 Å². The number of rotatable bonds is 3. The molecule has 0 atom stereocenters. The van der Waals surface area contributed by atoms with Crippen molar-refractivity contribution in [3.05, 3.63) is 35.9 Å². The molecule has 3 nitrogen and oxygen atoms in total. The minimum atomic E-state index is -0.283. The zero-order valence-corrected chi connectivity index (χ0v) is 7.43. The molecule has 68 valence electrons. The van der Waals surface area contributed by atoms with Gasteiger partial charge in [-0.2, -0.15) is 4.99 Å². The van der Waals surface area contributed by atoms with Gasteiger partial charge < -0.3 is 4.74 Å². The summed E-state index contributed by atoms with van der Waals surface area (Å²) in [5.74, 6) is -0.283. The molecule has 0 aliphatic heterocycles. The van der Waals surface area contributed by atoms with E-state index in [2.05, 4.69) is 4.99 Å². The van der Waals surface area contributed by atoms with Gasteiger partial charge in [-0.05, 0) is 19.1 Å². The second kappa shape index (κ2) is 5.09. The first-order valence-corrected chi connectivity index (χ1v) is 4.08. The van der Waals surface area contributed by atoms with E-state index in [1.165, 1.54) is 6.40 Å². The maximum absolute atomic E-state index is 11.2. The van der Waals surface area contributed by atoms with Gasteiger partial charge in [-0.15, -0.1) is 0 Å². The van der Waals surface area contributed by atoms with E-state index in [-0.39, 0.29) is 5.91 Å². The SMILES string of the molecule is CCOC=NC(=O)c1ccccc1. The largest absolute Gasteiger partial charge is 0.483 e. The van der Waals surface area contributed by atoms with Crippen LogP contribution in [0.4, 0.5) is 0 Å². The first-order valence-electron chi connectivity index (χ1n) is 4.08. The number of nitrogens with zero attached hydrogens (tertiary/aromatic N) is 1. The summed E-state index contributed by atoms with van der Waals surface area (Å²) in [6.45, 7) is 2.35. The summed E-state index contributed by atoms with van der Waals surface area (Å²) in [4.78, 5) is 14.8. The van der Waals surface area contributed by atoms with Crippen LogP contribution in [0.5, 0.6) is 0 Å². The molecule has 0 N–H and O–H groups in total. The van der Waals surface area contributed by atoms with Crippen molar-refractivity contribution < 1.29 is 9.53 Å². The highest BCUT2D eigenvalue weighted by Crippen LogP contribution is 1.99. The Labute approximate surface area is 77.1 Å². The average molecular weight is 177 g/mol. The summed E-state index contributed by atoms with van der Waals surface area (Å²) < 4.78 is 4.81. The molecule has 0 bridgehead atoms. The summed E-state index contributed by atoms with van der Waals surface area (Å²) in [5, 5.41) is 0. The van der Waals surface area contributed by atoms with Crippen LogP contribution in [0.15, 0.2) is 35.3 Å². The van der Waals surface area contributed by atoms with Crippen LogP contribution in [-0.4, -0.2) is 18.9 Å². The summed E-state index contributed by atoms with van der Waals surface area (Å²) in [7, 11) is 0. The quantitative estimate of drug-likeness (QED) is 0.522. The monoisotopic (exact) mass is 177 g/mol. The molecule has 0 aliphatic carbocycles. The van der Waals surface area contributed by atoms with Crippen molar-refractivity contribution >= 4 is 12.3 Å². The number of ether oxygens (including phenoxy) is 1. The second-order valence-corrected chi connectivity index (χ2v) is 2.36. The standard InChI is InChI=1S/C10H11NO2/c1-2-13-8-11-10(12)9-6-4-3-5-7-9/h3-8H,2H2,1H3. The van der Waals surface area contributed by atoms with E-state index in [1.807, 2.05) is 13.0 Å². The lowest BCUT2D eigenvalue weighted by Gasteiger charge is -1.93. The lowest BCUT2D eigenvalue weighted by molar-refractivity contribution is 0.100. The summed E-state index contributed by atoms with van der Waals surface area (Å²) in [6.07, 6.45) is 1.18. The van der Waals surface area contributed by atoms with Crippen LogP contribution in [-0.2, 0) is 4.74 Å². The van der Waals surface area contributed by atoms with Gasteiger partial charge in [-0.25, -0.2) is 0 Å². The van der Waals surface area contributed by atoms with Gasteiger partial charge in [0.25, 0.3) is 5.91 Å². The first kappa shape index (κ1) is 9.45. The molecular weight excluding hydrogens is 166 g/mol. The zero-order chi connectivity index (χ0) is 9.52. The molecule has 3 heteroatoms. The Bertz CT molecular complexity index is 293. The molecule has 0 aromatic heterocycles.